The molecule has 0 aromatic carbocycles. The van der Waals surface area contributed by atoms with Crippen LogP contribution in [0.1, 0.15) is 13.8 Å². The van der Waals surface area contributed by atoms with Gasteiger partial charge in [-0.25, -0.2) is 4.79 Å². The minimum absolute atomic E-state index is 0.172. The van der Waals surface area contributed by atoms with E-state index in [9.17, 15) is 4.79 Å². The van der Waals surface area contributed by atoms with Crippen LogP contribution in [0.4, 0.5) is 4.79 Å². The van der Waals surface area contributed by atoms with E-state index in [2.05, 4.69) is 19.2 Å². The Balaban J connectivity index is 2.49. The molecule has 4 nitrogen and oxygen atoms in total. The van der Waals surface area contributed by atoms with Crippen LogP contribution in [0, 0.1) is 5.92 Å². The molecular weight excluding hydrogens is 168 g/mol. The van der Waals surface area contributed by atoms with Crippen molar-refractivity contribution in [1.29, 1.82) is 0 Å². The van der Waals surface area contributed by atoms with Gasteiger partial charge >= 0.3 is 6.09 Å². The van der Waals surface area contributed by atoms with Crippen molar-refractivity contribution in [2.75, 3.05) is 26.7 Å². The van der Waals surface area contributed by atoms with Crippen LogP contribution < -0.4 is 5.32 Å². The number of cyclic esters (lactones) is 1. The lowest BCUT2D eigenvalue weighted by Crippen LogP contribution is -2.41. The van der Waals surface area contributed by atoms with E-state index in [0.29, 0.717) is 12.5 Å². The molecule has 0 bridgehead atoms. The second kappa shape index (κ2) is 4.46. The molecule has 1 aliphatic rings. The van der Waals surface area contributed by atoms with E-state index in [-0.39, 0.29) is 12.1 Å². The number of hydrogen-bond acceptors (Lipinski definition) is 3. The van der Waals surface area contributed by atoms with Crippen molar-refractivity contribution in [3.05, 3.63) is 0 Å². The Kier molecular flexibility index (Phi) is 3.54. The first-order chi connectivity index (χ1) is 6.15. The van der Waals surface area contributed by atoms with Crippen molar-refractivity contribution in [2.24, 2.45) is 5.92 Å². The highest BCUT2D eigenvalue weighted by Gasteiger charge is 2.32. The lowest BCUT2D eigenvalue weighted by Gasteiger charge is -2.22. The fraction of sp³-hybridized carbons (Fsp3) is 0.889. The van der Waals surface area contributed by atoms with Crippen LogP contribution in [-0.4, -0.2) is 43.8 Å². The molecule has 76 valence electrons. The smallest absolute Gasteiger partial charge is 0.410 e. The van der Waals surface area contributed by atoms with Crippen LogP contribution in [0.3, 0.4) is 0 Å². The number of nitrogens with one attached hydrogen (secondary N) is 1. The highest BCUT2D eigenvalue weighted by molar-refractivity contribution is 5.70. The lowest BCUT2D eigenvalue weighted by atomic mass is 10.2. The second-order valence-electron chi connectivity index (χ2n) is 3.83. The molecule has 0 aliphatic carbocycles. The molecule has 13 heavy (non-hydrogen) atoms. The fourth-order valence-corrected chi connectivity index (χ4v) is 1.51. The van der Waals surface area contributed by atoms with Gasteiger partial charge in [0.25, 0.3) is 0 Å². The van der Waals surface area contributed by atoms with Gasteiger partial charge in [0.1, 0.15) is 6.61 Å². The SMILES string of the molecule is CNCC1COC(=O)N1CC(C)C. The third-order valence-electron chi connectivity index (χ3n) is 2.08. The first-order valence-electron chi connectivity index (χ1n) is 4.73. The minimum atomic E-state index is -0.172. The Bertz CT molecular complexity index is 182. The van der Waals surface area contributed by atoms with Crippen molar-refractivity contribution in [3.63, 3.8) is 0 Å². The molecule has 1 rings (SSSR count). The van der Waals surface area contributed by atoms with Crippen molar-refractivity contribution in [2.45, 2.75) is 19.9 Å². The Hall–Kier alpha value is -0.770. The summed E-state index contributed by atoms with van der Waals surface area (Å²) in [5.41, 5.74) is 0. The number of ether oxygens (including phenoxy) is 1. The van der Waals surface area contributed by atoms with Gasteiger partial charge in [0.2, 0.25) is 0 Å². The molecule has 0 aromatic rings. The monoisotopic (exact) mass is 186 g/mol. The number of carbonyl (C=O) groups is 1. The molecule has 0 spiro atoms. The Morgan fingerprint density at radius 1 is 1.69 bits per heavy atom. The van der Waals surface area contributed by atoms with Crippen molar-refractivity contribution in [1.82, 2.24) is 10.2 Å². The van der Waals surface area contributed by atoms with E-state index in [1.54, 1.807) is 4.90 Å². The van der Waals surface area contributed by atoms with Gasteiger partial charge in [-0.3, -0.25) is 0 Å². The first kappa shape index (κ1) is 10.3. The summed E-state index contributed by atoms with van der Waals surface area (Å²) in [7, 11) is 1.89. The normalized spacial score (nSPS) is 22.6. The summed E-state index contributed by atoms with van der Waals surface area (Å²) in [4.78, 5) is 13.1. The fourth-order valence-electron chi connectivity index (χ4n) is 1.51. The maximum Gasteiger partial charge on any atom is 0.410 e. The largest absolute Gasteiger partial charge is 0.447 e. The summed E-state index contributed by atoms with van der Waals surface area (Å²) in [5, 5.41) is 3.06. The van der Waals surface area contributed by atoms with Gasteiger partial charge < -0.3 is 15.0 Å². The average Bonchev–Trinajstić information content (AvgIpc) is 2.36. The van der Waals surface area contributed by atoms with Crippen LogP contribution >= 0.6 is 0 Å². The van der Waals surface area contributed by atoms with Gasteiger partial charge in [0.05, 0.1) is 6.04 Å². The van der Waals surface area contributed by atoms with Gasteiger partial charge in [-0.1, -0.05) is 13.8 Å². The molecule has 0 radical (unpaired) electrons. The molecule has 1 unspecified atom stereocenters. The Morgan fingerprint density at radius 2 is 2.38 bits per heavy atom. The molecule has 1 atom stereocenters. The molecule has 1 amide bonds. The molecule has 1 heterocycles. The van der Waals surface area contributed by atoms with Gasteiger partial charge in [0, 0.05) is 13.1 Å². The van der Waals surface area contributed by atoms with Gasteiger partial charge in [-0.15, -0.1) is 0 Å². The quantitative estimate of drug-likeness (QED) is 0.702. The molecule has 1 aliphatic heterocycles. The van der Waals surface area contributed by atoms with E-state index in [1.165, 1.54) is 0 Å². The number of amides is 1. The van der Waals surface area contributed by atoms with Crippen molar-refractivity contribution in [3.8, 4) is 0 Å². The zero-order valence-electron chi connectivity index (χ0n) is 8.54. The second-order valence-corrected chi connectivity index (χ2v) is 3.83. The Morgan fingerprint density at radius 3 is 2.92 bits per heavy atom. The summed E-state index contributed by atoms with van der Waals surface area (Å²) in [6.45, 7) is 6.31. The summed E-state index contributed by atoms with van der Waals surface area (Å²) >= 11 is 0. The molecule has 1 saturated heterocycles. The van der Waals surface area contributed by atoms with E-state index in [1.807, 2.05) is 7.05 Å². The van der Waals surface area contributed by atoms with Crippen LogP contribution in [-0.2, 0) is 4.74 Å². The summed E-state index contributed by atoms with van der Waals surface area (Å²) in [6, 6.07) is 0.208. The number of likely N-dealkylation sites (N-methyl/N-ethyl adjacent to an activating group) is 1. The van der Waals surface area contributed by atoms with E-state index >= 15 is 0 Å². The maximum absolute atomic E-state index is 11.3. The summed E-state index contributed by atoms with van der Waals surface area (Å²) in [5.74, 6) is 0.491. The Labute approximate surface area is 79.2 Å². The minimum Gasteiger partial charge on any atom is -0.447 e. The highest BCUT2D eigenvalue weighted by atomic mass is 16.6. The van der Waals surface area contributed by atoms with E-state index in [4.69, 9.17) is 4.74 Å². The predicted octanol–water partition coefficient (Wildman–Crippen LogP) is 0.683. The standard InChI is InChI=1S/C9H18N2O2/c1-7(2)5-11-8(4-10-3)6-13-9(11)12/h7-8,10H,4-6H2,1-3H3. The van der Waals surface area contributed by atoms with Crippen molar-refractivity contribution >= 4 is 6.09 Å². The third-order valence-corrected chi connectivity index (χ3v) is 2.08. The van der Waals surface area contributed by atoms with Gasteiger partial charge in [-0.05, 0) is 13.0 Å². The van der Waals surface area contributed by atoms with Gasteiger partial charge in [-0.2, -0.15) is 0 Å². The molecular formula is C9H18N2O2. The zero-order valence-corrected chi connectivity index (χ0v) is 8.54. The van der Waals surface area contributed by atoms with Crippen molar-refractivity contribution < 1.29 is 9.53 Å². The number of hydrogen-bond donors (Lipinski definition) is 1. The topological polar surface area (TPSA) is 41.6 Å². The molecule has 1 fully saturated rings. The molecule has 4 heteroatoms. The summed E-state index contributed by atoms with van der Waals surface area (Å²) < 4.78 is 4.98. The van der Waals surface area contributed by atoms with E-state index < -0.39 is 0 Å². The van der Waals surface area contributed by atoms with E-state index in [0.717, 1.165) is 13.1 Å². The summed E-state index contributed by atoms with van der Waals surface area (Å²) in [6.07, 6.45) is -0.172. The van der Waals surface area contributed by atoms with Crippen LogP contribution in [0.25, 0.3) is 0 Å². The van der Waals surface area contributed by atoms with Gasteiger partial charge in [0.15, 0.2) is 0 Å². The van der Waals surface area contributed by atoms with Crippen LogP contribution in [0.2, 0.25) is 0 Å². The first-order valence-corrected chi connectivity index (χ1v) is 4.73. The molecule has 0 saturated carbocycles. The molecule has 0 aromatic heterocycles. The van der Waals surface area contributed by atoms with Crippen LogP contribution in [0.5, 0.6) is 0 Å². The third kappa shape index (κ3) is 2.59. The number of rotatable bonds is 4. The zero-order chi connectivity index (χ0) is 9.84. The number of carbonyl (C=O) groups excluding carboxylic acids is 1. The highest BCUT2D eigenvalue weighted by Crippen LogP contribution is 2.13. The maximum atomic E-state index is 11.3. The molecule has 1 N–H and O–H groups in total. The predicted molar refractivity (Wildman–Crippen MR) is 50.6 cm³/mol. The number of nitrogens with zero attached hydrogens (tertiary/aromatic N) is 1. The lowest BCUT2D eigenvalue weighted by molar-refractivity contribution is 0.154. The average molecular weight is 186 g/mol. The van der Waals surface area contributed by atoms with Crippen LogP contribution in [0.15, 0.2) is 0 Å².